The van der Waals surface area contributed by atoms with Crippen molar-refractivity contribution in [2.75, 3.05) is 31.5 Å². The van der Waals surface area contributed by atoms with Gasteiger partial charge in [-0.3, -0.25) is 4.79 Å². The Labute approximate surface area is 191 Å². The van der Waals surface area contributed by atoms with Gasteiger partial charge in [0.2, 0.25) is 5.91 Å². The van der Waals surface area contributed by atoms with Crippen LogP contribution in [0.25, 0.3) is 0 Å². The molecule has 5 nitrogen and oxygen atoms in total. The van der Waals surface area contributed by atoms with Crippen LogP contribution in [-0.2, 0) is 11.2 Å². The first-order chi connectivity index (χ1) is 15.6. The zero-order chi connectivity index (χ0) is 22.3. The Hall–Kier alpha value is -2.82. The van der Waals surface area contributed by atoms with Gasteiger partial charge < -0.3 is 15.1 Å². The van der Waals surface area contributed by atoms with Gasteiger partial charge >= 0.3 is 6.03 Å². The Morgan fingerprint density at radius 1 is 0.906 bits per heavy atom. The van der Waals surface area contributed by atoms with E-state index in [1.165, 1.54) is 17.5 Å². The highest BCUT2D eigenvalue weighted by Crippen LogP contribution is 2.26. The van der Waals surface area contributed by atoms with Gasteiger partial charge in [-0.05, 0) is 69.1 Å². The maximum absolute atomic E-state index is 13.2. The molecule has 0 radical (unpaired) electrons. The van der Waals surface area contributed by atoms with Crippen molar-refractivity contribution in [2.45, 2.75) is 45.4 Å². The molecule has 2 heterocycles. The minimum absolute atomic E-state index is 0.0746. The monoisotopic (exact) mass is 433 g/mol. The second kappa shape index (κ2) is 10.7. The van der Waals surface area contributed by atoms with Crippen molar-refractivity contribution in [3.63, 3.8) is 0 Å². The van der Waals surface area contributed by atoms with Crippen LogP contribution < -0.4 is 5.32 Å². The van der Waals surface area contributed by atoms with Gasteiger partial charge in [-0.1, -0.05) is 48.0 Å². The number of amides is 3. The van der Waals surface area contributed by atoms with Gasteiger partial charge in [0.15, 0.2) is 0 Å². The fourth-order valence-corrected chi connectivity index (χ4v) is 4.91. The summed E-state index contributed by atoms with van der Waals surface area (Å²) in [6.07, 6.45) is 6.24. The van der Waals surface area contributed by atoms with Crippen molar-refractivity contribution < 1.29 is 9.59 Å². The molecule has 5 heteroatoms. The molecule has 2 aliphatic rings. The lowest BCUT2D eigenvalue weighted by molar-refractivity contribution is -0.138. The number of benzene rings is 2. The van der Waals surface area contributed by atoms with E-state index in [2.05, 4.69) is 36.5 Å². The first-order valence-corrected chi connectivity index (χ1v) is 12.0. The van der Waals surface area contributed by atoms with Crippen LogP contribution in [0.1, 0.15) is 43.2 Å². The molecule has 0 bridgehead atoms. The number of piperidine rings is 2. The molecule has 0 spiro atoms. The highest BCUT2D eigenvalue weighted by molar-refractivity contribution is 5.90. The zero-order valence-corrected chi connectivity index (χ0v) is 19.1. The first-order valence-electron chi connectivity index (χ1n) is 12.0. The fraction of sp³-hybridized carbons (Fsp3) is 0.481. The lowest BCUT2D eigenvalue weighted by atomic mass is 9.89. The third-order valence-corrected chi connectivity index (χ3v) is 6.97. The van der Waals surface area contributed by atoms with E-state index in [4.69, 9.17) is 0 Å². The fourth-order valence-electron chi connectivity index (χ4n) is 4.91. The summed E-state index contributed by atoms with van der Waals surface area (Å²) in [5.41, 5.74) is 3.50. The third-order valence-electron chi connectivity index (χ3n) is 6.97. The number of anilines is 1. The molecule has 0 aliphatic carbocycles. The molecule has 3 amide bonds. The Kier molecular flexibility index (Phi) is 7.46. The standard InChI is InChI=1S/C27H35N3O2/c1-21-9-11-22(12-10-21)13-14-23-15-18-29(19-16-23)26(31)24-6-5-17-30(20-24)27(32)28-25-7-3-2-4-8-25/h2-4,7-12,23-24H,5-6,13-20H2,1H3,(H,28,32). The summed E-state index contributed by atoms with van der Waals surface area (Å²) >= 11 is 0. The van der Waals surface area contributed by atoms with Crippen molar-refractivity contribution in [1.29, 1.82) is 0 Å². The van der Waals surface area contributed by atoms with Gasteiger partial charge in [-0.15, -0.1) is 0 Å². The van der Waals surface area contributed by atoms with E-state index in [0.29, 0.717) is 19.0 Å². The summed E-state index contributed by atoms with van der Waals surface area (Å²) in [5.74, 6) is 0.855. The first kappa shape index (κ1) is 22.4. The van der Waals surface area contributed by atoms with Crippen LogP contribution in [-0.4, -0.2) is 47.9 Å². The van der Waals surface area contributed by atoms with E-state index < -0.39 is 0 Å². The van der Waals surface area contributed by atoms with Crippen molar-refractivity contribution in [1.82, 2.24) is 9.80 Å². The Morgan fingerprint density at radius 3 is 2.34 bits per heavy atom. The summed E-state index contributed by atoms with van der Waals surface area (Å²) in [6, 6.07) is 18.2. The molecule has 0 aromatic heterocycles. The van der Waals surface area contributed by atoms with Crippen LogP contribution in [0.15, 0.2) is 54.6 Å². The number of nitrogens with zero attached hydrogens (tertiary/aromatic N) is 2. The molecule has 2 aromatic carbocycles. The summed E-state index contributed by atoms with van der Waals surface area (Å²) in [6.45, 7) is 5.06. The summed E-state index contributed by atoms with van der Waals surface area (Å²) in [5, 5.41) is 2.95. The number of urea groups is 1. The van der Waals surface area contributed by atoms with Crippen molar-refractivity contribution in [2.24, 2.45) is 11.8 Å². The van der Waals surface area contributed by atoms with E-state index in [1.807, 2.05) is 35.2 Å². The maximum atomic E-state index is 13.2. The van der Waals surface area contributed by atoms with Crippen molar-refractivity contribution >= 4 is 17.6 Å². The van der Waals surface area contributed by atoms with Crippen LogP contribution in [0.2, 0.25) is 0 Å². The van der Waals surface area contributed by atoms with E-state index >= 15 is 0 Å². The molecule has 1 atom stereocenters. The molecule has 32 heavy (non-hydrogen) atoms. The average molecular weight is 434 g/mol. The van der Waals surface area contributed by atoms with Crippen LogP contribution in [0.3, 0.4) is 0 Å². The highest BCUT2D eigenvalue weighted by Gasteiger charge is 2.33. The van der Waals surface area contributed by atoms with Gasteiger partial charge in [0.1, 0.15) is 0 Å². The molecule has 2 aromatic rings. The maximum Gasteiger partial charge on any atom is 0.321 e. The molecular formula is C27H35N3O2. The molecule has 170 valence electrons. The molecule has 2 saturated heterocycles. The van der Waals surface area contributed by atoms with E-state index in [-0.39, 0.29) is 17.9 Å². The van der Waals surface area contributed by atoms with Crippen molar-refractivity contribution in [3.8, 4) is 0 Å². The molecule has 2 aliphatic heterocycles. The van der Waals surface area contributed by atoms with E-state index in [1.54, 1.807) is 4.90 Å². The highest BCUT2D eigenvalue weighted by atomic mass is 16.2. The third kappa shape index (κ3) is 5.90. The van der Waals surface area contributed by atoms with E-state index in [9.17, 15) is 9.59 Å². The van der Waals surface area contributed by atoms with Gasteiger partial charge in [0.25, 0.3) is 0 Å². The predicted octanol–water partition coefficient (Wildman–Crippen LogP) is 5.11. The van der Waals surface area contributed by atoms with Gasteiger partial charge in [0.05, 0.1) is 5.92 Å². The lowest BCUT2D eigenvalue weighted by Gasteiger charge is -2.38. The SMILES string of the molecule is Cc1ccc(CCC2CCN(C(=O)C3CCCN(C(=O)Nc4ccccc4)C3)CC2)cc1. The summed E-state index contributed by atoms with van der Waals surface area (Å²) < 4.78 is 0. The van der Waals surface area contributed by atoms with Crippen LogP contribution in [0.4, 0.5) is 10.5 Å². The minimum atomic E-state index is -0.108. The minimum Gasteiger partial charge on any atom is -0.342 e. The van der Waals surface area contributed by atoms with Gasteiger partial charge in [-0.2, -0.15) is 0 Å². The topological polar surface area (TPSA) is 52.7 Å². The van der Waals surface area contributed by atoms with Crippen molar-refractivity contribution in [3.05, 3.63) is 65.7 Å². The number of aryl methyl sites for hydroxylation is 2. The number of hydrogen-bond donors (Lipinski definition) is 1. The second-order valence-electron chi connectivity index (χ2n) is 9.37. The van der Waals surface area contributed by atoms with E-state index in [0.717, 1.165) is 50.9 Å². The predicted molar refractivity (Wildman–Crippen MR) is 129 cm³/mol. The summed E-state index contributed by atoms with van der Waals surface area (Å²) in [7, 11) is 0. The Balaban J connectivity index is 1.22. The molecule has 1 N–H and O–H groups in total. The largest absolute Gasteiger partial charge is 0.342 e. The van der Waals surface area contributed by atoms with Crippen LogP contribution in [0, 0.1) is 18.8 Å². The number of hydrogen-bond acceptors (Lipinski definition) is 2. The van der Waals surface area contributed by atoms with Gasteiger partial charge in [-0.25, -0.2) is 4.79 Å². The lowest BCUT2D eigenvalue weighted by Crippen LogP contribution is -2.49. The van der Waals surface area contributed by atoms with Gasteiger partial charge in [0, 0.05) is 31.9 Å². The number of carbonyl (C=O) groups is 2. The summed E-state index contributed by atoms with van der Waals surface area (Å²) in [4.78, 5) is 29.7. The normalized spacial score (nSPS) is 19.6. The molecule has 1 unspecified atom stereocenters. The molecule has 0 saturated carbocycles. The quantitative estimate of drug-likeness (QED) is 0.712. The Morgan fingerprint density at radius 2 is 1.62 bits per heavy atom. The number of rotatable bonds is 5. The number of para-hydroxylation sites is 1. The number of nitrogens with one attached hydrogen (secondary N) is 1. The molecule has 2 fully saturated rings. The smallest absolute Gasteiger partial charge is 0.321 e. The van der Waals surface area contributed by atoms with Crippen LogP contribution >= 0.6 is 0 Å². The Bertz CT molecular complexity index is 889. The zero-order valence-electron chi connectivity index (χ0n) is 19.1. The number of carbonyl (C=O) groups excluding carboxylic acids is 2. The molecule has 4 rings (SSSR count). The average Bonchev–Trinajstić information content (AvgIpc) is 2.84. The van der Waals surface area contributed by atoms with Crippen LogP contribution in [0.5, 0.6) is 0 Å². The second-order valence-corrected chi connectivity index (χ2v) is 9.37. The molecular weight excluding hydrogens is 398 g/mol. The number of likely N-dealkylation sites (tertiary alicyclic amines) is 2.